The molecule has 1 aromatic heterocycles. The number of ketones is 1. The first-order valence-electron chi connectivity index (χ1n) is 4.94. The highest BCUT2D eigenvalue weighted by Gasteiger charge is 2.06. The summed E-state index contributed by atoms with van der Waals surface area (Å²) in [6, 6.07) is 9.22. The van der Waals surface area contributed by atoms with Crippen molar-refractivity contribution >= 4 is 33.5 Å². The second-order valence-corrected chi connectivity index (χ2v) is 5.12. The molecule has 0 spiro atoms. The van der Waals surface area contributed by atoms with Gasteiger partial charge in [-0.3, -0.25) is 4.79 Å². The van der Waals surface area contributed by atoms with Gasteiger partial charge in [0.05, 0.1) is 10.2 Å². The maximum atomic E-state index is 11.8. The normalized spacial score (nSPS) is 10.2. The lowest BCUT2D eigenvalue weighted by molar-refractivity contribution is 0.102. The Bertz CT molecular complexity index is 502. The van der Waals surface area contributed by atoms with Crippen molar-refractivity contribution in [2.75, 3.05) is 5.75 Å². The number of carbonyl (C=O) groups is 1. The van der Waals surface area contributed by atoms with Crippen molar-refractivity contribution in [3.05, 3.63) is 52.8 Å². The van der Waals surface area contributed by atoms with Crippen LogP contribution in [0.15, 0.2) is 52.4 Å². The van der Waals surface area contributed by atoms with Crippen LogP contribution in [0.3, 0.4) is 0 Å². The van der Waals surface area contributed by atoms with Crippen molar-refractivity contribution in [1.29, 1.82) is 0 Å². The zero-order valence-corrected chi connectivity index (χ0v) is 11.2. The van der Waals surface area contributed by atoms with Crippen molar-refractivity contribution in [1.82, 2.24) is 9.97 Å². The van der Waals surface area contributed by atoms with Gasteiger partial charge in [0, 0.05) is 18.0 Å². The summed E-state index contributed by atoms with van der Waals surface area (Å²) in [7, 11) is 0. The third-order valence-corrected chi connectivity index (χ3v) is 3.31. The molecule has 0 saturated heterocycles. The first kappa shape index (κ1) is 12.3. The number of Topliss-reactive ketones (excluding diaryl/α,β-unsaturated/α-hetero) is 1. The first-order chi connectivity index (χ1) is 8.25. The average molecular weight is 309 g/mol. The highest BCUT2D eigenvalue weighted by molar-refractivity contribution is 9.10. The Hall–Kier alpha value is -1.20. The first-order valence-corrected chi connectivity index (χ1v) is 6.72. The molecule has 0 aliphatic rings. The standard InChI is InChI=1S/C12H9BrN2OS/c13-10-6-14-12(15-7-10)17-8-11(16)9-4-2-1-3-5-9/h1-7H,8H2. The molecule has 0 bridgehead atoms. The van der Waals surface area contributed by atoms with E-state index in [9.17, 15) is 4.79 Å². The monoisotopic (exact) mass is 308 g/mol. The molecular formula is C12H9BrN2OS. The van der Waals surface area contributed by atoms with Crippen LogP contribution in [0.4, 0.5) is 0 Å². The summed E-state index contributed by atoms with van der Waals surface area (Å²) in [4.78, 5) is 20.0. The van der Waals surface area contributed by atoms with Gasteiger partial charge in [0.1, 0.15) is 0 Å². The van der Waals surface area contributed by atoms with Gasteiger partial charge in [-0.2, -0.15) is 0 Å². The topological polar surface area (TPSA) is 42.9 Å². The molecule has 3 nitrogen and oxygen atoms in total. The highest BCUT2D eigenvalue weighted by Crippen LogP contribution is 2.15. The second-order valence-electron chi connectivity index (χ2n) is 3.26. The fourth-order valence-electron chi connectivity index (χ4n) is 1.21. The number of carbonyl (C=O) groups excluding carboxylic acids is 1. The lowest BCUT2D eigenvalue weighted by Gasteiger charge is -2.00. The van der Waals surface area contributed by atoms with E-state index in [0.29, 0.717) is 10.9 Å². The highest BCUT2D eigenvalue weighted by atomic mass is 79.9. The van der Waals surface area contributed by atoms with Gasteiger partial charge in [0.15, 0.2) is 10.9 Å². The molecule has 0 N–H and O–H groups in total. The van der Waals surface area contributed by atoms with Gasteiger partial charge in [-0.05, 0) is 15.9 Å². The number of thioether (sulfide) groups is 1. The van der Waals surface area contributed by atoms with Gasteiger partial charge in [-0.25, -0.2) is 9.97 Å². The summed E-state index contributed by atoms with van der Waals surface area (Å²) >= 11 is 4.60. The van der Waals surface area contributed by atoms with E-state index >= 15 is 0 Å². The van der Waals surface area contributed by atoms with Crippen LogP contribution in [-0.2, 0) is 0 Å². The van der Waals surface area contributed by atoms with Crippen LogP contribution in [0.25, 0.3) is 0 Å². The van der Waals surface area contributed by atoms with Crippen LogP contribution in [0.2, 0.25) is 0 Å². The van der Waals surface area contributed by atoms with Gasteiger partial charge < -0.3 is 0 Å². The minimum Gasteiger partial charge on any atom is -0.293 e. The number of hydrogen-bond acceptors (Lipinski definition) is 4. The number of nitrogens with zero attached hydrogens (tertiary/aromatic N) is 2. The summed E-state index contributed by atoms with van der Waals surface area (Å²) in [5.74, 6) is 0.438. The summed E-state index contributed by atoms with van der Waals surface area (Å²) in [6.45, 7) is 0. The summed E-state index contributed by atoms with van der Waals surface area (Å²) in [5, 5.41) is 0.609. The Balaban J connectivity index is 1.95. The molecule has 2 aromatic rings. The van der Waals surface area contributed by atoms with Crippen molar-refractivity contribution in [3.63, 3.8) is 0 Å². The minimum atomic E-state index is 0.0853. The molecule has 0 fully saturated rings. The van der Waals surface area contributed by atoms with E-state index in [4.69, 9.17) is 0 Å². The smallest absolute Gasteiger partial charge is 0.187 e. The van der Waals surface area contributed by atoms with E-state index < -0.39 is 0 Å². The number of halogens is 1. The Morgan fingerprint density at radius 1 is 1.18 bits per heavy atom. The Morgan fingerprint density at radius 2 is 1.82 bits per heavy atom. The number of hydrogen-bond donors (Lipinski definition) is 0. The van der Waals surface area contributed by atoms with Crippen molar-refractivity contribution in [2.24, 2.45) is 0 Å². The molecule has 1 heterocycles. The maximum absolute atomic E-state index is 11.8. The minimum absolute atomic E-state index is 0.0853. The average Bonchev–Trinajstić information content (AvgIpc) is 2.39. The van der Waals surface area contributed by atoms with Crippen LogP contribution in [0.1, 0.15) is 10.4 Å². The fourth-order valence-corrected chi connectivity index (χ4v) is 2.10. The third-order valence-electron chi connectivity index (χ3n) is 2.02. The molecule has 86 valence electrons. The molecule has 0 aliphatic heterocycles. The largest absolute Gasteiger partial charge is 0.293 e. The van der Waals surface area contributed by atoms with Crippen LogP contribution in [0.5, 0.6) is 0 Å². The molecule has 0 unspecified atom stereocenters. The van der Waals surface area contributed by atoms with Crippen molar-refractivity contribution in [2.45, 2.75) is 5.16 Å². The SMILES string of the molecule is O=C(CSc1ncc(Br)cn1)c1ccccc1. The van der Waals surface area contributed by atoms with Crippen molar-refractivity contribution in [3.8, 4) is 0 Å². The summed E-state index contributed by atoms with van der Waals surface area (Å²) < 4.78 is 0.830. The van der Waals surface area contributed by atoms with Crippen LogP contribution < -0.4 is 0 Å². The van der Waals surface area contributed by atoms with E-state index in [1.807, 2.05) is 30.3 Å². The Labute approximate surface area is 112 Å². The number of aromatic nitrogens is 2. The van der Waals surface area contributed by atoms with E-state index in [-0.39, 0.29) is 5.78 Å². The third kappa shape index (κ3) is 3.64. The van der Waals surface area contributed by atoms with Crippen molar-refractivity contribution < 1.29 is 4.79 Å². The molecule has 17 heavy (non-hydrogen) atoms. The van der Waals surface area contributed by atoms with Gasteiger partial charge >= 0.3 is 0 Å². The zero-order valence-electron chi connectivity index (χ0n) is 8.84. The lowest BCUT2D eigenvalue weighted by atomic mass is 10.2. The Morgan fingerprint density at radius 3 is 2.47 bits per heavy atom. The zero-order chi connectivity index (χ0) is 12.1. The molecule has 0 saturated carbocycles. The molecular weight excluding hydrogens is 300 g/mol. The van der Waals surface area contributed by atoms with Gasteiger partial charge in [-0.1, -0.05) is 42.1 Å². The molecule has 0 aliphatic carbocycles. The second kappa shape index (κ2) is 5.93. The molecule has 0 radical (unpaired) electrons. The van der Waals surface area contributed by atoms with E-state index in [1.165, 1.54) is 11.8 Å². The van der Waals surface area contributed by atoms with Crippen LogP contribution in [0, 0.1) is 0 Å². The van der Waals surface area contributed by atoms with Gasteiger partial charge in [0.2, 0.25) is 0 Å². The lowest BCUT2D eigenvalue weighted by Crippen LogP contribution is -2.02. The Kier molecular flexibility index (Phi) is 4.28. The van der Waals surface area contributed by atoms with E-state index in [1.54, 1.807) is 12.4 Å². The van der Waals surface area contributed by atoms with Crippen LogP contribution >= 0.6 is 27.7 Å². The molecule has 1 aromatic carbocycles. The summed E-state index contributed by atoms with van der Waals surface area (Å²) in [6.07, 6.45) is 3.34. The molecule has 5 heteroatoms. The predicted octanol–water partition coefficient (Wildman–Crippen LogP) is 3.21. The predicted molar refractivity (Wildman–Crippen MR) is 71.2 cm³/mol. The maximum Gasteiger partial charge on any atom is 0.187 e. The van der Waals surface area contributed by atoms with Gasteiger partial charge in [-0.15, -0.1) is 0 Å². The number of benzene rings is 1. The summed E-state index contributed by atoms with van der Waals surface area (Å²) in [5.41, 5.74) is 0.720. The number of rotatable bonds is 4. The quantitative estimate of drug-likeness (QED) is 0.494. The molecule has 0 amide bonds. The fraction of sp³-hybridized carbons (Fsp3) is 0.0833. The van der Waals surface area contributed by atoms with E-state index in [0.717, 1.165) is 10.0 Å². The molecule has 0 atom stereocenters. The van der Waals surface area contributed by atoms with Gasteiger partial charge in [0.25, 0.3) is 0 Å². The molecule has 2 rings (SSSR count). The van der Waals surface area contributed by atoms with Crippen LogP contribution in [-0.4, -0.2) is 21.5 Å². The van der Waals surface area contributed by atoms with E-state index in [2.05, 4.69) is 25.9 Å².